The number of esters is 1. The van der Waals surface area contributed by atoms with Crippen molar-refractivity contribution in [2.75, 3.05) is 26.7 Å². The van der Waals surface area contributed by atoms with Crippen molar-refractivity contribution in [2.24, 2.45) is 33.9 Å². The van der Waals surface area contributed by atoms with Crippen LogP contribution in [0.3, 0.4) is 0 Å². The molecule has 9 atom stereocenters. The van der Waals surface area contributed by atoms with E-state index in [4.69, 9.17) is 23.9 Å². The van der Waals surface area contributed by atoms with E-state index in [1.54, 1.807) is 46.8 Å². The van der Waals surface area contributed by atoms with Gasteiger partial charge in [-0.15, -0.1) is 4.91 Å². The fourth-order valence-electron chi connectivity index (χ4n) is 10.2. The van der Waals surface area contributed by atoms with E-state index in [9.17, 15) is 49.5 Å². The summed E-state index contributed by atoms with van der Waals surface area (Å²) in [6.07, 6.45) is 4.68. The second-order valence-corrected chi connectivity index (χ2v) is 18.9. The normalized spacial score (nSPS) is 29.3. The van der Waals surface area contributed by atoms with Crippen LogP contribution in [0.5, 0.6) is 11.5 Å². The molecule has 7 rings (SSSR count). The Morgan fingerprint density at radius 2 is 1.70 bits per heavy atom. The molecule has 1 aromatic heterocycles. The van der Waals surface area contributed by atoms with Gasteiger partial charge in [-0.1, -0.05) is 45.9 Å². The number of amides is 1. The molecule has 1 aromatic carbocycles. The number of methoxy groups -OCH3 is 1. The first-order valence-electron chi connectivity index (χ1n) is 23.1. The Kier molecular flexibility index (Phi) is 14.4. The van der Waals surface area contributed by atoms with Crippen molar-refractivity contribution < 1.29 is 58.4 Å². The van der Waals surface area contributed by atoms with Crippen LogP contribution in [-0.4, -0.2) is 131 Å². The molecule has 2 aromatic rings. The summed E-state index contributed by atoms with van der Waals surface area (Å²) in [6, 6.07) is 0. The third kappa shape index (κ3) is 8.92. The van der Waals surface area contributed by atoms with E-state index in [1.807, 2.05) is 4.90 Å². The van der Waals surface area contributed by atoms with E-state index >= 15 is 0 Å². The Hall–Kier alpha value is -6.62. The van der Waals surface area contributed by atoms with E-state index in [0.717, 1.165) is 5.01 Å². The van der Waals surface area contributed by atoms with Gasteiger partial charge in [0.15, 0.2) is 11.5 Å². The third-order valence-electron chi connectivity index (χ3n) is 14.5. The standard InChI is InChI=1S/C48H60N8O14/c1-23-12-11-13-24(2)46(63)50-37-38-36(51-48(55(38)52-64)15-17-53(18-16-48)19-20-54-29(7)49-22-32(54)56(65)66)33-34(42(37)61)41(60)28(6)44-35(33)45(62)47(9,70-44)68-21-14-31(67-10)25(3)43(69-30(8)57)27(5)40(59)26(4)39(23)58/h11-14,21-23,25-27,31,39-40,43,58-60H,15-20H2,1-10H3,(H,50,63)/t23-,25+,26+,27+,31-,39-,40+,43+,47-/m0/s1. The van der Waals surface area contributed by atoms with Crippen molar-refractivity contribution in [3.63, 3.8) is 0 Å². The van der Waals surface area contributed by atoms with E-state index in [0.29, 0.717) is 25.5 Å². The molecule has 22 heteroatoms. The number of fused-ring (bicyclic) bond motifs is 3. The number of nitrogens with one attached hydrogen (secondary N) is 1. The number of aliphatic imine (C=N–C) groups is 1. The molecule has 1 amide bonds. The molecule has 4 N–H and O–H groups in total. The maximum atomic E-state index is 15.0. The van der Waals surface area contributed by atoms with Gasteiger partial charge in [0.25, 0.3) is 11.7 Å². The Morgan fingerprint density at radius 3 is 2.33 bits per heavy atom. The van der Waals surface area contributed by atoms with Crippen molar-refractivity contribution >= 4 is 35.0 Å². The average Bonchev–Trinajstić information content (AvgIpc) is 3.95. The number of ether oxygens (including phenoxy) is 4. The highest BCUT2D eigenvalue weighted by Gasteiger charge is 2.57. The van der Waals surface area contributed by atoms with Crippen molar-refractivity contribution in [1.29, 1.82) is 0 Å². The van der Waals surface area contributed by atoms with Gasteiger partial charge in [0.2, 0.25) is 5.78 Å². The van der Waals surface area contributed by atoms with Crippen LogP contribution >= 0.6 is 0 Å². The number of hydrogen-bond acceptors (Lipinski definition) is 18. The van der Waals surface area contributed by atoms with Gasteiger partial charge in [-0.25, -0.2) is 9.55 Å². The SMILES string of the molecule is CO[C@H]1C=CO[C@@]2(C)Oc3c(C)c(O)c4c(c3C2=O)C2=NC3(CCN(CCn5c([N+](=O)[O-])cnc5C)CC3)N(N=O)C2=C(NC(=O)C(C)=CC=C[C@H](C)[C@H](O)[C@@H](C)[C@@H](O)[C@@H](C)[C@H](OC(C)=O)[C@@H]1C)C4=O. The fourth-order valence-corrected chi connectivity index (χ4v) is 10.2. The first-order chi connectivity index (χ1) is 33.0. The number of piperidine rings is 1. The molecule has 1 aliphatic carbocycles. The van der Waals surface area contributed by atoms with Crippen LogP contribution in [0.15, 0.2) is 64.0 Å². The maximum absolute atomic E-state index is 15.0. The summed E-state index contributed by atoms with van der Waals surface area (Å²) >= 11 is 0. The molecule has 376 valence electrons. The lowest BCUT2D eigenvalue weighted by molar-refractivity contribution is -0.392. The molecule has 1 spiro atoms. The average molecular weight is 973 g/mol. The number of rotatable bonds is 7. The number of allylic oxidation sites excluding steroid dienone is 4. The molecule has 22 nitrogen and oxygen atoms in total. The highest BCUT2D eigenvalue weighted by atomic mass is 16.7. The van der Waals surface area contributed by atoms with Crippen LogP contribution in [0.1, 0.15) is 99.0 Å². The number of nitrogens with zero attached hydrogens (tertiary/aromatic N) is 7. The largest absolute Gasteiger partial charge is 0.507 e. The van der Waals surface area contributed by atoms with Gasteiger partial charge in [-0.2, -0.15) is 5.01 Å². The molecule has 0 saturated carbocycles. The number of imidazole rings is 1. The number of aromatic hydroxyl groups is 1. The number of phenolic OH excluding ortho intramolecular Hbond substituents is 1. The summed E-state index contributed by atoms with van der Waals surface area (Å²) in [4.78, 5) is 92.0. The lowest BCUT2D eigenvalue weighted by Crippen LogP contribution is -2.50. The fraction of sp³-hybridized carbons (Fsp3) is 0.542. The second-order valence-electron chi connectivity index (χ2n) is 18.9. The Morgan fingerprint density at radius 1 is 1.01 bits per heavy atom. The lowest BCUT2D eigenvalue weighted by atomic mass is 9.78. The van der Waals surface area contributed by atoms with Gasteiger partial charge in [-0.05, 0) is 24.8 Å². The number of likely N-dealkylation sites (tertiary alicyclic amines) is 1. The minimum atomic E-state index is -2.12. The van der Waals surface area contributed by atoms with Crippen molar-refractivity contribution in [3.8, 4) is 11.5 Å². The number of nitroso groups, excluding NO2 is 1. The Bertz CT molecular complexity index is 2660. The molecule has 70 heavy (non-hydrogen) atoms. The number of Topliss-reactive ketones (excluding diaryl/α,β-unsaturated/α-hetero) is 2. The van der Waals surface area contributed by atoms with Crippen molar-refractivity contribution in [2.45, 2.75) is 118 Å². The topological polar surface area (TPSA) is 287 Å². The van der Waals surface area contributed by atoms with Crippen LogP contribution in [-0.2, 0) is 30.3 Å². The number of hydrogen-bond donors (Lipinski definition) is 4. The molecule has 0 unspecified atom stereocenters. The van der Waals surface area contributed by atoms with Gasteiger partial charge >= 0.3 is 17.6 Å². The Labute approximate surface area is 403 Å². The van der Waals surface area contributed by atoms with Gasteiger partial charge in [0.05, 0.1) is 46.7 Å². The summed E-state index contributed by atoms with van der Waals surface area (Å²) in [5.41, 5.74) is -2.80. The van der Waals surface area contributed by atoms with E-state index in [1.165, 1.54) is 64.0 Å². The van der Waals surface area contributed by atoms with Gasteiger partial charge in [0, 0.05) is 101 Å². The van der Waals surface area contributed by atoms with Crippen LogP contribution in [0, 0.1) is 52.5 Å². The number of carbonyl (C=O) groups excluding carboxylic acids is 4. The van der Waals surface area contributed by atoms with E-state index in [-0.39, 0.29) is 70.2 Å². The summed E-state index contributed by atoms with van der Waals surface area (Å²) < 4.78 is 25.4. The number of aliphatic hydroxyl groups excluding tert-OH is 2. The van der Waals surface area contributed by atoms with E-state index in [2.05, 4.69) is 15.6 Å². The number of aryl methyl sites for hydroxylation is 1. The summed E-state index contributed by atoms with van der Waals surface area (Å²) in [5, 5.41) is 53.7. The lowest BCUT2D eigenvalue weighted by Gasteiger charge is -2.40. The monoisotopic (exact) mass is 972 g/mol. The molecule has 4 aliphatic heterocycles. The number of nitro groups is 1. The van der Waals surface area contributed by atoms with Crippen LogP contribution < -0.4 is 10.1 Å². The van der Waals surface area contributed by atoms with Crippen molar-refractivity contribution in [1.82, 2.24) is 24.8 Å². The molecule has 5 aliphatic rings. The highest BCUT2D eigenvalue weighted by molar-refractivity contribution is 6.34. The number of carbonyl (C=O) groups is 4. The zero-order valence-electron chi connectivity index (χ0n) is 40.8. The zero-order valence-corrected chi connectivity index (χ0v) is 40.8. The molecule has 1 fully saturated rings. The van der Waals surface area contributed by atoms with Gasteiger partial charge in [0.1, 0.15) is 41.7 Å². The number of phenols is 1. The molecular weight excluding hydrogens is 913 g/mol. The molecule has 5 bridgehead atoms. The predicted molar refractivity (Wildman–Crippen MR) is 250 cm³/mol. The quantitative estimate of drug-likeness (QED) is 0.129. The van der Waals surface area contributed by atoms with Crippen LogP contribution in [0.4, 0.5) is 5.82 Å². The molecule has 1 saturated heterocycles. The summed E-state index contributed by atoms with van der Waals surface area (Å²) in [5.74, 6) is -8.30. The maximum Gasteiger partial charge on any atom is 0.342 e. The van der Waals surface area contributed by atoms with E-state index < -0.39 is 99.4 Å². The number of aromatic nitrogens is 2. The summed E-state index contributed by atoms with van der Waals surface area (Å²) in [6.45, 7) is 15.2. The number of benzene rings is 1. The first kappa shape index (κ1) is 51.2. The van der Waals surface area contributed by atoms with Crippen LogP contribution in [0.25, 0.3) is 0 Å². The van der Waals surface area contributed by atoms with Crippen LogP contribution in [0.2, 0.25) is 0 Å². The third-order valence-corrected chi connectivity index (χ3v) is 14.5. The van der Waals surface area contributed by atoms with Crippen molar-refractivity contribution in [3.05, 3.63) is 96.8 Å². The second kappa shape index (κ2) is 19.6. The van der Waals surface area contributed by atoms with Gasteiger partial charge < -0.3 is 49.7 Å². The molecule has 5 heterocycles. The highest BCUT2D eigenvalue weighted by Crippen LogP contribution is 2.52. The summed E-state index contributed by atoms with van der Waals surface area (Å²) in [7, 11) is 1.42. The predicted octanol–water partition coefficient (Wildman–Crippen LogP) is 4.47. The Balaban J connectivity index is 1.34. The zero-order chi connectivity index (χ0) is 51.3. The molecule has 0 radical (unpaired) electrons. The smallest absolute Gasteiger partial charge is 0.342 e. The molecular formula is C48H60N8O14. The van der Waals surface area contributed by atoms with Gasteiger partial charge in [-0.3, -0.25) is 29.1 Å². The number of ketones is 2. The minimum absolute atomic E-state index is 0.00124. The minimum Gasteiger partial charge on any atom is -0.507 e. The first-order valence-corrected chi connectivity index (χ1v) is 23.1. The number of aliphatic hydroxyl groups is 2.